The molecule has 0 saturated heterocycles. The van der Waals surface area contributed by atoms with Crippen molar-refractivity contribution >= 4 is 39.6 Å². The molecule has 0 aliphatic carbocycles. The zero-order valence-electron chi connectivity index (χ0n) is 15.8. The number of benzene rings is 2. The van der Waals surface area contributed by atoms with Crippen LogP contribution in [-0.2, 0) is 4.74 Å². The van der Waals surface area contributed by atoms with Crippen LogP contribution in [0.2, 0.25) is 0 Å². The van der Waals surface area contributed by atoms with Gasteiger partial charge < -0.3 is 29.4 Å². The summed E-state index contributed by atoms with van der Waals surface area (Å²) in [5.74, 6) is -1.77. The number of hydrogen-bond acceptors (Lipinski definition) is 7. The Bertz CT molecular complexity index is 919. The Morgan fingerprint density at radius 3 is 2.21 bits per heavy atom. The number of anilines is 1. The standard InChI is InChI=1S/C19H18BrNO8/c1-4-28-19(25)29-16-14(26-2)7-10(8-15(16)27-3)17(22)21-13-6-5-11(20)9-12(13)18(23)24/h5-9H,4H2,1-3H3,(H,21,22)(H,23,24). The summed E-state index contributed by atoms with van der Waals surface area (Å²) in [6, 6.07) is 7.07. The lowest BCUT2D eigenvalue weighted by molar-refractivity contribution is 0.0697. The van der Waals surface area contributed by atoms with Gasteiger partial charge in [-0.25, -0.2) is 9.59 Å². The molecule has 0 saturated carbocycles. The molecule has 0 fully saturated rings. The summed E-state index contributed by atoms with van der Waals surface area (Å²) in [5, 5.41) is 11.9. The molecule has 0 aromatic heterocycles. The molecular weight excluding hydrogens is 450 g/mol. The molecule has 0 aliphatic rings. The van der Waals surface area contributed by atoms with Crippen LogP contribution in [0.5, 0.6) is 17.2 Å². The minimum Gasteiger partial charge on any atom is -0.493 e. The summed E-state index contributed by atoms with van der Waals surface area (Å²) in [6.45, 7) is 1.74. The maximum absolute atomic E-state index is 12.7. The third kappa shape index (κ3) is 5.38. The molecule has 0 bridgehead atoms. The lowest BCUT2D eigenvalue weighted by atomic mass is 10.1. The number of carboxylic acid groups (broad SMARTS) is 1. The minimum atomic E-state index is -1.20. The molecule has 0 unspecified atom stereocenters. The van der Waals surface area contributed by atoms with Gasteiger partial charge in [-0.05, 0) is 37.3 Å². The van der Waals surface area contributed by atoms with Crippen LogP contribution in [0.25, 0.3) is 0 Å². The van der Waals surface area contributed by atoms with Crippen molar-refractivity contribution in [3.05, 3.63) is 45.9 Å². The number of halogens is 1. The minimum absolute atomic E-state index is 0.0526. The molecule has 2 rings (SSSR count). The predicted molar refractivity (Wildman–Crippen MR) is 106 cm³/mol. The highest BCUT2D eigenvalue weighted by atomic mass is 79.9. The monoisotopic (exact) mass is 467 g/mol. The largest absolute Gasteiger partial charge is 0.514 e. The summed E-state index contributed by atoms with van der Waals surface area (Å²) < 4.78 is 20.8. The van der Waals surface area contributed by atoms with E-state index >= 15 is 0 Å². The first-order valence-electron chi connectivity index (χ1n) is 8.25. The van der Waals surface area contributed by atoms with Gasteiger partial charge in [-0.15, -0.1) is 0 Å². The van der Waals surface area contributed by atoms with Crippen LogP contribution in [-0.4, -0.2) is 44.0 Å². The summed E-state index contributed by atoms with van der Waals surface area (Å²) in [5.41, 5.74) is 0.110. The lowest BCUT2D eigenvalue weighted by Gasteiger charge is -2.15. The van der Waals surface area contributed by atoms with Crippen molar-refractivity contribution in [2.24, 2.45) is 0 Å². The molecular formula is C19H18BrNO8. The number of carboxylic acids is 1. The Labute approximate surface area is 174 Å². The van der Waals surface area contributed by atoms with Crippen LogP contribution < -0.4 is 19.5 Å². The molecule has 1 amide bonds. The average molecular weight is 468 g/mol. The van der Waals surface area contributed by atoms with Crippen LogP contribution in [0.4, 0.5) is 10.5 Å². The number of aromatic carboxylic acids is 1. The first-order valence-corrected chi connectivity index (χ1v) is 9.04. The highest BCUT2D eigenvalue weighted by Crippen LogP contribution is 2.39. The Morgan fingerprint density at radius 1 is 1.07 bits per heavy atom. The second kappa shape index (κ2) is 9.78. The fourth-order valence-corrected chi connectivity index (χ4v) is 2.70. The molecule has 154 valence electrons. The second-order valence-electron chi connectivity index (χ2n) is 5.44. The van der Waals surface area contributed by atoms with Gasteiger partial charge in [-0.1, -0.05) is 15.9 Å². The van der Waals surface area contributed by atoms with Crippen molar-refractivity contribution in [3.8, 4) is 17.2 Å². The Hall–Kier alpha value is -3.27. The van der Waals surface area contributed by atoms with E-state index in [0.29, 0.717) is 4.47 Å². The van der Waals surface area contributed by atoms with E-state index in [4.69, 9.17) is 18.9 Å². The predicted octanol–water partition coefficient (Wildman–Crippen LogP) is 3.95. The van der Waals surface area contributed by atoms with Gasteiger partial charge in [0.15, 0.2) is 11.5 Å². The molecule has 9 nitrogen and oxygen atoms in total. The van der Waals surface area contributed by atoms with Gasteiger partial charge in [-0.3, -0.25) is 4.79 Å². The second-order valence-corrected chi connectivity index (χ2v) is 6.36. The van der Waals surface area contributed by atoms with Crippen molar-refractivity contribution in [1.29, 1.82) is 0 Å². The highest BCUT2D eigenvalue weighted by molar-refractivity contribution is 9.10. The van der Waals surface area contributed by atoms with E-state index in [9.17, 15) is 19.5 Å². The topological polar surface area (TPSA) is 120 Å². The lowest BCUT2D eigenvalue weighted by Crippen LogP contribution is -2.16. The average Bonchev–Trinajstić information content (AvgIpc) is 2.69. The molecule has 0 heterocycles. The van der Waals surface area contributed by atoms with Crippen LogP contribution in [0.3, 0.4) is 0 Å². The van der Waals surface area contributed by atoms with Gasteiger partial charge in [0.2, 0.25) is 5.75 Å². The Balaban J connectivity index is 2.39. The maximum Gasteiger partial charge on any atom is 0.514 e. The molecule has 0 spiro atoms. The van der Waals surface area contributed by atoms with Gasteiger partial charge in [0.1, 0.15) is 0 Å². The van der Waals surface area contributed by atoms with Gasteiger partial charge in [-0.2, -0.15) is 0 Å². The number of rotatable bonds is 7. The maximum atomic E-state index is 12.7. The molecule has 29 heavy (non-hydrogen) atoms. The summed E-state index contributed by atoms with van der Waals surface area (Å²) >= 11 is 3.19. The third-order valence-corrected chi connectivity index (χ3v) is 4.12. The van der Waals surface area contributed by atoms with E-state index in [2.05, 4.69) is 21.2 Å². The first kappa shape index (κ1) is 22.0. The van der Waals surface area contributed by atoms with Crippen molar-refractivity contribution in [2.75, 3.05) is 26.1 Å². The van der Waals surface area contributed by atoms with Crippen molar-refractivity contribution in [2.45, 2.75) is 6.92 Å². The van der Waals surface area contributed by atoms with E-state index in [0.717, 1.165) is 0 Å². The van der Waals surface area contributed by atoms with Gasteiger partial charge in [0.25, 0.3) is 5.91 Å². The Kier molecular flexibility index (Phi) is 7.43. The zero-order chi connectivity index (χ0) is 21.6. The van der Waals surface area contributed by atoms with E-state index in [-0.39, 0.29) is 40.7 Å². The van der Waals surface area contributed by atoms with Gasteiger partial charge in [0, 0.05) is 10.0 Å². The number of carbonyl (C=O) groups is 3. The van der Waals surface area contributed by atoms with E-state index < -0.39 is 18.0 Å². The van der Waals surface area contributed by atoms with Crippen LogP contribution in [0.15, 0.2) is 34.8 Å². The quantitative estimate of drug-likeness (QED) is 0.463. The summed E-state index contributed by atoms with van der Waals surface area (Å²) in [6.07, 6.45) is -0.956. The SMILES string of the molecule is CCOC(=O)Oc1c(OC)cc(C(=O)Nc2ccc(Br)cc2C(=O)O)cc1OC. The first-order chi connectivity index (χ1) is 13.8. The van der Waals surface area contributed by atoms with E-state index in [1.165, 1.54) is 38.5 Å². The molecule has 2 aromatic rings. The van der Waals surface area contributed by atoms with Gasteiger partial charge in [0.05, 0.1) is 32.1 Å². The summed E-state index contributed by atoms with van der Waals surface area (Å²) in [7, 11) is 2.65. The number of amides is 1. The zero-order valence-corrected chi connectivity index (χ0v) is 17.4. The van der Waals surface area contributed by atoms with E-state index in [1.54, 1.807) is 13.0 Å². The van der Waals surface area contributed by atoms with Crippen LogP contribution in [0, 0.1) is 0 Å². The number of ether oxygens (including phenoxy) is 4. The molecule has 0 atom stereocenters. The van der Waals surface area contributed by atoms with Crippen LogP contribution in [0.1, 0.15) is 27.6 Å². The molecule has 0 radical (unpaired) electrons. The van der Waals surface area contributed by atoms with Crippen molar-refractivity contribution in [1.82, 2.24) is 0 Å². The normalized spacial score (nSPS) is 10.1. The van der Waals surface area contributed by atoms with E-state index in [1.807, 2.05) is 0 Å². The molecule has 0 aliphatic heterocycles. The number of hydrogen-bond donors (Lipinski definition) is 2. The number of methoxy groups -OCH3 is 2. The Morgan fingerprint density at radius 2 is 1.69 bits per heavy atom. The number of carbonyl (C=O) groups excluding carboxylic acids is 2. The highest BCUT2D eigenvalue weighted by Gasteiger charge is 2.22. The fraction of sp³-hybridized carbons (Fsp3) is 0.211. The number of nitrogens with one attached hydrogen (secondary N) is 1. The fourth-order valence-electron chi connectivity index (χ4n) is 2.34. The van der Waals surface area contributed by atoms with Gasteiger partial charge >= 0.3 is 12.1 Å². The van der Waals surface area contributed by atoms with Crippen LogP contribution >= 0.6 is 15.9 Å². The molecule has 2 N–H and O–H groups in total. The molecule has 10 heteroatoms. The summed E-state index contributed by atoms with van der Waals surface area (Å²) in [4.78, 5) is 35.8. The molecule has 2 aromatic carbocycles. The smallest absolute Gasteiger partial charge is 0.493 e. The third-order valence-electron chi connectivity index (χ3n) is 3.63. The van der Waals surface area contributed by atoms with Crippen molar-refractivity contribution < 1.29 is 38.4 Å². The van der Waals surface area contributed by atoms with Crippen molar-refractivity contribution in [3.63, 3.8) is 0 Å².